The van der Waals surface area contributed by atoms with Gasteiger partial charge in [0.25, 0.3) is 0 Å². The summed E-state index contributed by atoms with van der Waals surface area (Å²) in [6, 6.07) is -0.412. The average Bonchev–Trinajstić information content (AvgIpc) is 2.82. The number of nitrogens with zero attached hydrogens (tertiary/aromatic N) is 4. The Morgan fingerprint density at radius 3 is 2.55 bits per heavy atom. The highest BCUT2D eigenvalue weighted by Crippen LogP contribution is 2.28. The summed E-state index contributed by atoms with van der Waals surface area (Å²) in [5, 5.41) is 25.8. The predicted octanol–water partition coefficient (Wildman–Crippen LogP) is -2.01. The molecule has 2 saturated heterocycles. The quantitative estimate of drug-likeness (QED) is 0.656. The highest BCUT2D eigenvalue weighted by atomic mass is 32.2. The van der Waals surface area contributed by atoms with E-state index >= 15 is 0 Å². The molecular formula is C10H14N4O5S. The fraction of sp³-hybridized carbons (Fsp3) is 0.700. The lowest BCUT2D eigenvalue weighted by Gasteiger charge is -2.43. The van der Waals surface area contributed by atoms with Gasteiger partial charge in [0.05, 0.1) is 35.9 Å². The zero-order valence-corrected chi connectivity index (χ0v) is 11.3. The molecule has 3 heterocycles. The fourth-order valence-corrected chi connectivity index (χ4v) is 4.47. The first-order valence-electron chi connectivity index (χ1n) is 6.13. The van der Waals surface area contributed by atoms with Crippen LogP contribution in [0.1, 0.15) is 16.5 Å². The van der Waals surface area contributed by atoms with Crippen LogP contribution in [0.2, 0.25) is 0 Å². The second-order valence-electron chi connectivity index (χ2n) is 5.21. The second-order valence-corrected chi connectivity index (χ2v) is 7.36. The van der Waals surface area contributed by atoms with Crippen LogP contribution >= 0.6 is 0 Å². The fourth-order valence-electron chi connectivity index (χ4n) is 2.64. The van der Waals surface area contributed by atoms with E-state index in [9.17, 15) is 18.3 Å². The number of aromatic carboxylic acids is 1. The standard InChI is InChI=1S/C10H14N4O5S/c15-9-5-20(18,19)4-8(9)13-1-6(2-13)14-3-7(10(16)17)11-12-14/h3,6,8-9,15H,1-2,4-5H2,(H,16,17). The Labute approximate surface area is 114 Å². The molecule has 110 valence electrons. The lowest BCUT2D eigenvalue weighted by Crippen LogP contribution is -2.56. The molecule has 0 radical (unpaired) electrons. The van der Waals surface area contributed by atoms with Crippen LogP contribution in [-0.4, -0.2) is 81.2 Å². The molecule has 20 heavy (non-hydrogen) atoms. The van der Waals surface area contributed by atoms with Gasteiger partial charge in [0.15, 0.2) is 15.5 Å². The van der Waals surface area contributed by atoms with E-state index in [2.05, 4.69) is 10.3 Å². The van der Waals surface area contributed by atoms with Gasteiger partial charge in [-0.1, -0.05) is 5.21 Å². The summed E-state index contributed by atoms with van der Waals surface area (Å²) in [6.45, 7) is 1.05. The molecule has 10 heteroatoms. The highest BCUT2D eigenvalue weighted by molar-refractivity contribution is 7.91. The number of hydrogen-bond donors (Lipinski definition) is 2. The van der Waals surface area contributed by atoms with Crippen molar-refractivity contribution in [3.8, 4) is 0 Å². The maximum absolute atomic E-state index is 11.4. The molecule has 1 aromatic heterocycles. The van der Waals surface area contributed by atoms with Crippen LogP contribution in [0.25, 0.3) is 0 Å². The number of rotatable bonds is 3. The Kier molecular flexibility index (Phi) is 3.03. The molecule has 2 fully saturated rings. The van der Waals surface area contributed by atoms with Gasteiger partial charge in [-0.15, -0.1) is 5.10 Å². The molecule has 0 spiro atoms. The number of aromatic nitrogens is 3. The molecular weight excluding hydrogens is 288 g/mol. The molecule has 0 saturated carbocycles. The minimum absolute atomic E-state index is 0.0291. The van der Waals surface area contributed by atoms with Gasteiger partial charge < -0.3 is 10.2 Å². The molecule has 2 atom stereocenters. The van der Waals surface area contributed by atoms with Crippen LogP contribution in [0.4, 0.5) is 0 Å². The Hall–Kier alpha value is -1.52. The van der Waals surface area contributed by atoms with Crippen LogP contribution < -0.4 is 0 Å². The normalized spacial score (nSPS) is 30.2. The number of likely N-dealkylation sites (tertiary alicyclic amines) is 1. The van der Waals surface area contributed by atoms with E-state index in [0.717, 1.165) is 0 Å². The van der Waals surface area contributed by atoms with Crippen LogP contribution in [0.3, 0.4) is 0 Å². The molecule has 0 amide bonds. The van der Waals surface area contributed by atoms with Crippen LogP contribution in [0.5, 0.6) is 0 Å². The van der Waals surface area contributed by atoms with Crippen LogP contribution in [-0.2, 0) is 9.84 Å². The molecule has 2 aliphatic heterocycles. The number of carbonyl (C=O) groups is 1. The van der Waals surface area contributed by atoms with Crippen molar-refractivity contribution in [3.63, 3.8) is 0 Å². The molecule has 0 bridgehead atoms. The van der Waals surface area contributed by atoms with Crippen molar-refractivity contribution in [2.45, 2.75) is 18.2 Å². The second kappa shape index (κ2) is 4.50. The van der Waals surface area contributed by atoms with E-state index in [1.54, 1.807) is 0 Å². The SMILES string of the molecule is O=C(O)c1cn(C2CN(C3CS(=O)(=O)CC3O)C2)nn1. The first-order chi connectivity index (χ1) is 9.35. The predicted molar refractivity (Wildman–Crippen MR) is 66.0 cm³/mol. The minimum Gasteiger partial charge on any atom is -0.476 e. The summed E-state index contributed by atoms with van der Waals surface area (Å²) in [7, 11) is -3.16. The van der Waals surface area contributed by atoms with Crippen molar-refractivity contribution in [2.75, 3.05) is 24.6 Å². The largest absolute Gasteiger partial charge is 0.476 e. The Balaban J connectivity index is 1.62. The molecule has 2 N–H and O–H groups in total. The van der Waals surface area contributed by atoms with Crippen LogP contribution in [0.15, 0.2) is 6.20 Å². The maximum Gasteiger partial charge on any atom is 0.358 e. The molecule has 0 aromatic carbocycles. The number of sulfone groups is 1. The third-order valence-electron chi connectivity index (χ3n) is 3.76. The third kappa shape index (κ3) is 2.30. The van der Waals surface area contributed by atoms with Gasteiger partial charge >= 0.3 is 5.97 Å². The van der Waals surface area contributed by atoms with Gasteiger partial charge in [-0.2, -0.15) is 0 Å². The first-order valence-corrected chi connectivity index (χ1v) is 7.95. The maximum atomic E-state index is 11.4. The zero-order valence-electron chi connectivity index (χ0n) is 10.5. The number of aliphatic hydroxyl groups is 1. The van der Waals surface area contributed by atoms with Gasteiger partial charge in [0.1, 0.15) is 0 Å². The van der Waals surface area contributed by atoms with E-state index in [0.29, 0.717) is 13.1 Å². The van der Waals surface area contributed by atoms with Crippen LogP contribution in [0, 0.1) is 0 Å². The van der Waals surface area contributed by atoms with Crippen molar-refractivity contribution in [2.24, 2.45) is 0 Å². The van der Waals surface area contributed by atoms with Crippen molar-refractivity contribution < 1.29 is 23.4 Å². The Morgan fingerprint density at radius 1 is 1.35 bits per heavy atom. The number of carboxylic acids is 1. The zero-order chi connectivity index (χ0) is 14.5. The molecule has 3 rings (SSSR count). The molecule has 0 aliphatic carbocycles. The Bertz CT molecular complexity index is 636. The van der Waals surface area contributed by atoms with Crippen molar-refractivity contribution in [1.82, 2.24) is 19.9 Å². The Morgan fingerprint density at radius 2 is 2.05 bits per heavy atom. The summed E-state index contributed by atoms with van der Waals surface area (Å²) in [4.78, 5) is 12.6. The molecule has 2 unspecified atom stereocenters. The summed E-state index contributed by atoms with van der Waals surface area (Å²) in [5.74, 6) is -1.35. The van der Waals surface area contributed by atoms with Crippen molar-refractivity contribution >= 4 is 15.8 Å². The smallest absolute Gasteiger partial charge is 0.358 e. The topological polar surface area (TPSA) is 126 Å². The summed E-state index contributed by atoms with van der Waals surface area (Å²) >= 11 is 0. The van der Waals surface area contributed by atoms with E-state index in [4.69, 9.17) is 5.11 Å². The minimum atomic E-state index is -3.16. The van der Waals surface area contributed by atoms with E-state index in [1.807, 2.05) is 4.90 Å². The van der Waals surface area contributed by atoms with E-state index in [1.165, 1.54) is 10.9 Å². The monoisotopic (exact) mass is 302 g/mol. The molecule has 1 aromatic rings. The van der Waals surface area contributed by atoms with Gasteiger partial charge in [0.2, 0.25) is 0 Å². The third-order valence-corrected chi connectivity index (χ3v) is 5.46. The summed E-state index contributed by atoms with van der Waals surface area (Å²) in [6.07, 6.45) is 0.498. The molecule has 9 nitrogen and oxygen atoms in total. The highest BCUT2D eigenvalue weighted by Gasteiger charge is 2.44. The number of aliphatic hydroxyl groups excluding tert-OH is 1. The number of carboxylic acid groups (broad SMARTS) is 1. The molecule has 2 aliphatic rings. The van der Waals surface area contributed by atoms with E-state index < -0.39 is 21.9 Å². The van der Waals surface area contributed by atoms with Gasteiger partial charge in [0, 0.05) is 13.1 Å². The van der Waals surface area contributed by atoms with E-state index in [-0.39, 0.29) is 29.3 Å². The first kappa shape index (κ1) is 13.5. The summed E-state index contributed by atoms with van der Waals surface area (Å²) < 4.78 is 24.4. The lowest BCUT2D eigenvalue weighted by atomic mass is 10.0. The van der Waals surface area contributed by atoms with Crippen molar-refractivity contribution in [1.29, 1.82) is 0 Å². The van der Waals surface area contributed by atoms with Crippen molar-refractivity contribution in [3.05, 3.63) is 11.9 Å². The lowest BCUT2D eigenvalue weighted by molar-refractivity contribution is 0.00791. The average molecular weight is 302 g/mol. The number of hydrogen-bond acceptors (Lipinski definition) is 7. The van der Waals surface area contributed by atoms with Gasteiger partial charge in [-0.05, 0) is 0 Å². The summed E-state index contributed by atoms with van der Waals surface area (Å²) in [5.41, 5.74) is -0.119. The van der Waals surface area contributed by atoms with Gasteiger partial charge in [-0.3, -0.25) is 4.90 Å². The van der Waals surface area contributed by atoms with Gasteiger partial charge in [-0.25, -0.2) is 17.9 Å².